The lowest BCUT2D eigenvalue weighted by Crippen LogP contribution is -2.63. The number of fused-ring (bicyclic) bond motifs is 4. The van der Waals surface area contributed by atoms with Crippen LogP contribution in [-0.4, -0.2) is 70.8 Å². The number of amides is 2. The van der Waals surface area contributed by atoms with Crippen molar-refractivity contribution in [3.05, 3.63) is 101 Å². The van der Waals surface area contributed by atoms with Gasteiger partial charge in [-0.15, -0.1) is 0 Å². The molecule has 0 aliphatic carbocycles. The lowest BCUT2D eigenvalue weighted by Gasteiger charge is -2.48. The van der Waals surface area contributed by atoms with Gasteiger partial charge in [-0.3, -0.25) is 14.5 Å². The molecule has 3 aliphatic rings. The van der Waals surface area contributed by atoms with Crippen molar-refractivity contribution in [3.63, 3.8) is 0 Å². The summed E-state index contributed by atoms with van der Waals surface area (Å²) in [6.07, 6.45) is 2.61. The fourth-order valence-corrected chi connectivity index (χ4v) is 7.09. The molecule has 3 aliphatic heterocycles. The number of carbonyl (C=O) groups excluding carboxylic acids is 2. The van der Waals surface area contributed by atoms with Crippen LogP contribution < -0.4 is 4.74 Å². The number of likely N-dealkylation sites (tertiary alicyclic amines) is 1. The molecule has 1 N–H and O–H groups in total. The van der Waals surface area contributed by atoms with E-state index in [0.29, 0.717) is 18.9 Å². The number of piperidine rings is 1. The SMILES string of the molecule is COc1ccc([C@@H]2c3[nH]c4ccccc4c3C[C@H]3C(=O)N(CC4CCN(Cc5ccccc5)CC4)CC(=O)N23)cc1. The van der Waals surface area contributed by atoms with Gasteiger partial charge in [0, 0.05) is 36.1 Å². The molecule has 41 heavy (non-hydrogen) atoms. The molecular weight excluding hydrogens is 512 g/mol. The third-order valence-electron chi connectivity index (χ3n) is 9.21. The molecular formula is C34H36N4O3. The molecule has 0 unspecified atom stereocenters. The first-order chi connectivity index (χ1) is 20.1. The van der Waals surface area contributed by atoms with Gasteiger partial charge in [-0.1, -0.05) is 60.7 Å². The summed E-state index contributed by atoms with van der Waals surface area (Å²) in [6.45, 7) is 3.79. The van der Waals surface area contributed by atoms with Gasteiger partial charge in [0.25, 0.3) is 0 Å². The number of H-pyrrole nitrogens is 1. The average Bonchev–Trinajstić information content (AvgIpc) is 3.39. The third-order valence-corrected chi connectivity index (χ3v) is 9.21. The Morgan fingerprint density at radius 3 is 2.39 bits per heavy atom. The molecule has 210 valence electrons. The number of piperazine rings is 1. The predicted octanol–water partition coefficient (Wildman–Crippen LogP) is 4.77. The highest BCUT2D eigenvalue weighted by Gasteiger charge is 2.48. The van der Waals surface area contributed by atoms with Crippen molar-refractivity contribution in [1.29, 1.82) is 0 Å². The molecule has 0 saturated carbocycles. The molecule has 3 aromatic carbocycles. The maximum Gasteiger partial charge on any atom is 0.246 e. The van der Waals surface area contributed by atoms with Gasteiger partial charge in [0.2, 0.25) is 11.8 Å². The van der Waals surface area contributed by atoms with Gasteiger partial charge >= 0.3 is 0 Å². The summed E-state index contributed by atoms with van der Waals surface area (Å²) in [6, 6.07) is 25.8. The van der Waals surface area contributed by atoms with Crippen LogP contribution in [0.5, 0.6) is 5.75 Å². The highest BCUT2D eigenvalue weighted by molar-refractivity contribution is 5.97. The Kier molecular flexibility index (Phi) is 6.75. The molecule has 2 saturated heterocycles. The lowest BCUT2D eigenvalue weighted by molar-refractivity contribution is -0.159. The number of aromatic amines is 1. The fraction of sp³-hybridized carbons (Fsp3) is 0.353. The molecule has 0 bridgehead atoms. The molecule has 4 aromatic rings. The minimum atomic E-state index is -0.506. The van der Waals surface area contributed by atoms with Crippen molar-refractivity contribution >= 4 is 22.7 Å². The number of methoxy groups -OCH3 is 1. The number of hydrogen-bond acceptors (Lipinski definition) is 4. The number of carbonyl (C=O) groups is 2. The standard InChI is InChI=1S/C34H36N4O3/c1-41-26-13-11-25(12-14-26)33-32-28(27-9-5-6-10-29(27)35-32)19-30-34(40)37(22-31(39)38(30)33)21-24-15-17-36(18-16-24)20-23-7-3-2-4-8-23/h2-14,24,30,33,35H,15-22H2,1H3/t30-,33+/m0/s1. The molecule has 7 heteroatoms. The Labute approximate surface area is 240 Å². The first-order valence-electron chi connectivity index (χ1n) is 14.7. The van der Waals surface area contributed by atoms with E-state index in [4.69, 9.17) is 4.74 Å². The van der Waals surface area contributed by atoms with E-state index < -0.39 is 6.04 Å². The van der Waals surface area contributed by atoms with Gasteiger partial charge in [0.05, 0.1) is 19.7 Å². The molecule has 1 aromatic heterocycles. The van der Waals surface area contributed by atoms with Crippen molar-refractivity contribution in [2.24, 2.45) is 5.92 Å². The second-order valence-corrected chi connectivity index (χ2v) is 11.7. The summed E-state index contributed by atoms with van der Waals surface area (Å²) in [4.78, 5) is 37.8. The molecule has 0 spiro atoms. The Balaban J connectivity index is 1.13. The van der Waals surface area contributed by atoms with E-state index in [-0.39, 0.29) is 24.4 Å². The Bertz CT molecular complexity index is 1560. The fourth-order valence-electron chi connectivity index (χ4n) is 7.09. The van der Waals surface area contributed by atoms with Crippen LogP contribution in [0.15, 0.2) is 78.9 Å². The monoisotopic (exact) mass is 548 g/mol. The number of nitrogens with zero attached hydrogens (tertiary/aromatic N) is 3. The van der Waals surface area contributed by atoms with Gasteiger partial charge in [0.1, 0.15) is 11.8 Å². The van der Waals surface area contributed by atoms with Crippen molar-refractivity contribution in [3.8, 4) is 5.75 Å². The summed E-state index contributed by atoms with van der Waals surface area (Å²) in [5.41, 5.74) is 5.50. The van der Waals surface area contributed by atoms with E-state index in [1.807, 2.05) is 46.2 Å². The first kappa shape index (κ1) is 25.8. The van der Waals surface area contributed by atoms with E-state index in [1.54, 1.807) is 7.11 Å². The van der Waals surface area contributed by atoms with E-state index in [2.05, 4.69) is 52.3 Å². The van der Waals surface area contributed by atoms with Crippen LogP contribution in [0.3, 0.4) is 0 Å². The molecule has 2 fully saturated rings. The summed E-state index contributed by atoms with van der Waals surface area (Å²) in [7, 11) is 1.65. The Hall–Kier alpha value is -4.10. The smallest absolute Gasteiger partial charge is 0.246 e. The summed E-state index contributed by atoms with van der Waals surface area (Å²) in [5, 5.41) is 1.13. The van der Waals surface area contributed by atoms with Crippen LogP contribution in [-0.2, 0) is 22.6 Å². The zero-order valence-electron chi connectivity index (χ0n) is 23.5. The maximum atomic E-state index is 14.1. The molecule has 4 heterocycles. The second kappa shape index (κ2) is 10.7. The van der Waals surface area contributed by atoms with Crippen molar-refractivity contribution in [1.82, 2.24) is 19.7 Å². The second-order valence-electron chi connectivity index (χ2n) is 11.7. The van der Waals surface area contributed by atoms with E-state index in [9.17, 15) is 9.59 Å². The number of hydrogen-bond donors (Lipinski definition) is 1. The van der Waals surface area contributed by atoms with Crippen molar-refractivity contribution in [2.75, 3.05) is 33.3 Å². The summed E-state index contributed by atoms with van der Waals surface area (Å²) in [5.74, 6) is 1.27. The quantitative estimate of drug-likeness (QED) is 0.377. The Morgan fingerprint density at radius 1 is 0.902 bits per heavy atom. The van der Waals surface area contributed by atoms with Crippen LogP contribution in [0.4, 0.5) is 0 Å². The largest absolute Gasteiger partial charge is 0.497 e. The van der Waals surface area contributed by atoms with E-state index in [0.717, 1.165) is 65.9 Å². The predicted molar refractivity (Wildman–Crippen MR) is 158 cm³/mol. The minimum absolute atomic E-state index is 0.0150. The molecule has 0 radical (unpaired) electrons. The van der Waals surface area contributed by atoms with E-state index >= 15 is 0 Å². The normalized spacial score (nSPS) is 21.7. The Morgan fingerprint density at radius 2 is 1.63 bits per heavy atom. The van der Waals surface area contributed by atoms with Gasteiger partial charge in [-0.2, -0.15) is 0 Å². The van der Waals surface area contributed by atoms with Crippen LogP contribution >= 0.6 is 0 Å². The van der Waals surface area contributed by atoms with E-state index in [1.165, 1.54) is 5.56 Å². The summed E-state index contributed by atoms with van der Waals surface area (Å²) >= 11 is 0. The van der Waals surface area contributed by atoms with Crippen LogP contribution in [0.25, 0.3) is 10.9 Å². The van der Waals surface area contributed by atoms with Gasteiger partial charge in [-0.25, -0.2) is 0 Å². The highest BCUT2D eigenvalue weighted by atomic mass is 16.5. The van der Waals surface area contributed by atoms with Crippen LogP contribution in [0.1, 0.15) is 41.3 Å². The molecule has 2 amide bonds. The number of ether oxygens (including phenoxy) is 1. The number of aromatic nitrogens is 1. The van der Waals surface area contributed by atoms with Gasteiger partial charge in [0.15, 0.2) is 0 Å². The zero-order valence-corrected chi connectivity index (χ0v) is 23.5. The maximum absolute atomic E-state index is 14.1. The molecule has 7 nitrogen and oxygen atoms in total. The number of rotatable bonds is 6. The van der Waals surface area contributed by atoms with Gasteiger partial charge < -0.3 is 19.5 Å². The minimum Gasteiger partial charge on any atom is -0.497 e. The van der Waals surface area contributed by atoms with Crippen molar-refractivity contribution < 1.29 is 14.3 Å². The van der Waals surface area contributed by atoms with Gasteiger partial charge in [-0.05, 0) is 66.7 Å². The topological polar surface area (TPSA) is 68.9 Å². The van der Waals surface area contributed by atoms with Crippen LogP contribution in [0.2, 0.25) is 0 Å². The van der Waals surface area contributed by atoms with Crippen LogP contribution in [0, 0.1) is 5.92 Å². The first-order valence-corrected chi connectivity index (χ1v) is 14.7. The third kappa shape index (κ3) is 4.78. The molecule has 2 atom stereocenters. The number of benzene rings is 3. The average molecular weight is 549 g/mol. The highest BCUT2D eigenvalue weighted by Crippen LogP contribution is 2.43. The molecule has 7 rings (SSSR count). The number of nitrogens with one attached hydrogen (secondary N) is 1. The lowest BCUT2D eigenvalue weighted by atomic mass is 9.85. The number of para-hydroxylation sites is 1. The van der Waals surface area contributed by atoms with Crippen molar-refractivity contribution in [2.45, 2.75) is 37.9 Å². The zero-order chi connectivity index (χ0) is 27.9. The summed E-state index contributed by atoms with van der Waals surface area (Å²) < 4.78 is 5.39.